The number of amides is 1. The third kappa shape index (κ3) is 3.15. The van der Waals surface area contributed by atoms with Crippen molar-refractivity contribution in [1.29, 1.82) is 0 Å². The largest absolute Gasteiger partial charge is 0.465 e. The van der Waals surface area contributed by atoms with Crippen LogP contribution in [0, 0.1) is 6.92 Å². The number of ether oxygens (including phenoxy) is 1. The molecule has 0 aliphatic rings. The predicted octanol–water partition coefficient (Wildman–Crippen LogP) is 3.38. The summed E-state index contributed by atoms with van der Waals surface area (Å²) < 4.78 is 6.58. The van der Waals surface area contributed by atoms with Crippen molar-refractivity contribution in [2.75, 3.05) is 12.4 Å². The molecule has 5 nitrogen and oxygen atoms in total. The molecule has 0 saturated heterocycles. The van der Waals surface area contributed by atoms with E-state index in [0.717, 1.165) is 22.2 Å². The van der Waals surface area contributed by atoms with E-state index in [1.807, 2.05) is 55.5 Å². The van der Waals surface area contributed by atoms with Crippen molar-refractivity contribution < 1.29 is 14.3 Å². The maximum Gasteiger partial charge on any atom is 0.340 e. The first-order valence-electron chi connectivity index (χ1n) is 7.61. The van der Waals surface area contributed by atoms with Crippen molar-refractivity contribution in [2.24, 2.45) is 0 Å². The lowest BCUT2D eigenvalue weighted by atomic mass is 10.2. The Balaban J connectivity index is 1.87. The summed E-state index contributed by atoms with van der Waals surface area (Å²) in [7, 11) is 1.35. The summed E-state index contributed by atoms with van der Waals surface area (Å²) in [6.07, 6.45) is 1.66. The van der Waals surface area contributed by atoms with E-state index in [4.69, 9.17) is 4.74 Å². The Bertz CT molecular complexity index is 912. The van der Waals surface area contributed by atoms with E-state index in [9.17, 15) is 9.59 Å². The van der Waals surface area contributed by atoms with E-state index in [0.29, 0.717) is 5.56 Å². The van der Waals surface area contributed by atoms with Gasteiger partial charge in [-0.25, -0.2) is 4.79 Å². The molecule has 1 heterocycles. The molecule has 0 unspecified atom stereocenters. The van der Waals surface area contributed by atoms with Crippen LogP contribution in [0.1, 0.15) is 15.9 Å². The second kappa shape index (κ2) is 6.58. The Hall–Kier alpha value is -3.08. The SMILES string of the molecule is COC(=O)c1cn(CC(=O)Nc2cccc(C)c2)c2ccccc12. The number of carbonyl (C=O) groups is 2. The number of nitrogens with zero attached hydrogens (tertiary/aromatic N) is 1. The number of hydrogen-bond donors (Lipinski definition) is 1. The normalized spacial score (nSPS) is 10.6. The zero-order valence-electron chi connectivity index (χ0n) is 13.6. The minimum Gasteiger partial charge on any atom is -0.465 e. The molecule has 0 aliphatic carbocycles. The molecule has 1 aromatic heterocycles. The van der Waals surface area contributed by atoms with Crippen LogP contribution in [-0.2, 0) is 16.1 Å². The van der Waals surface area contributed by atoms with E-state index in [1.165, 1.54) is 7.11 Å². The Morgan fingerprint density at radius 3 is 2.67 bits per heavy atom. The lowest BCUT2D eigenvalue weighted by Gasteiger charge is -2.08. The number of benzene rings is 2. The minimum atomic E-state index is -0.413. The van der Waals surface area contributed by atoms with E-state index >= 15 is 0 Å². The van der Waals surface area contributed by atoms with Gasteiger partial charge in [0.15, 0.2) is 0 Å². The van der Waals surface area contributed by atoms with Gasteiger partial charge in [-0.2, -0.15) is 0 Å². The Labute approximate surface area is 139 Å². The van der Waals surface area contributed by atoms with E-state index in [2.05, 4.69) is 5.32 Å². The zero-order valence-corrected chi connectivity index (χ0v) is 13.6. The van der Waals surface area contributed by atoms with Crippen LogP contribution in [-0.4, -0.2) is 23.6 Å². The highest BCUT2D eigenvalue weighted by molar-refractivity contribution is 6.04. The van der Waals surface area contributed by atoms with Crippen LogP contribution >= 0.6 is 0 Å². The zero-order chi connectivity index (χ0) is 17.1. The Kier molecular flexibility index (Phi) is 4.33. The van der Waals surface area contributed by atoms with Gasteiger partial charge < -0.3 is 14.6 Å². The number of nitrogens with one attached hydrogen (secondary N) is 1. The maximum absolute atomic E-state index is 12.3. The molecule has 1 N–H and O–H groups in total. The molecule has 2 aromatic carbocycles. The predicted molar refractivity (Wildman–Crippen MR) is 93.1 cm³/mol. The van der Waals surface area contributed by atoms with Gasteiger partial charge in [-0.15, -0.1) is 0 Å². The van der Waals surface area contributed by atoms with Gasteiger partial charge in [-0.3, -0.25) is 4.79 Å². The van der Waals surface area contributed by atoms with Gasteiger partial charge in [0.2, 0.25) is 5.91 Å². The molecule has 3 aromatic rings. The molecule has 0 spiro atoms. The van der Waals surface area contributed by atoms with E-state index in [1.54, 1.807) is 10.8 Å². The summed E-state index contributed by atoms with van der Waals surface area (Å²) >= 11 is 0. The van der Waals surface area contributed by atoms with Crippen molar-refractivity contribution in [3.8, 4) is 0 Å². The van der Waals surface area contributed by atoms with Crippen molar-refractivity contribution in [2.45, 2.75) is 13.5 Å². The number of esters is 1. The average molecular weight is 322 g/mol. The van der Waals surface area contributed by atoms with Crippen LogP contribution in [0.2, 0.25) is 0 Å². The molecule has 0 radical (unpaired) electrons. The van der Waals surface area contributed by atoms with Crippen molar-refractivity contribution in [3.05, 3.63) is 65.9 Å². The molecule has 24 heavy (non-hydrogen) atoms. The highest BCUT2D eigenvalue weighted by Gasteiger charge is 2.16. The lowest BCUT2D eigenvalue weighted by molar-refractivity contribution is -0.116. The molecule has 1 amide bonds. The van der Waals surface area contributed by atoms with Gasteiger partial charge >= 0.3 is 5.97 Å². The fourth-order valence-corrected chi connectivity index (χ4v) is 2.73. The van der Waals surface area contributed by atoms with Crippen LogP contribution < -0.4 is 5.32 Å². The minimum absolute atomic E-state index is 0.117. The van der Waals surface area contributed by atoms with Crippen LogP contribution in [0.3, 0.4) is 0 Å². The molecule has 0 atom stereocenters. The van der Waals surface area contributed by atoms with Crippen LogP contribution in [0.4, 0.5) is 5.69 Å². The smallest absolute Gasteiger partial charge is 0.340 e. The highest BCUT2D eigenvalue weighted by atomic mass is 16.5. The number of para-hydroxylation sites is 1. The molecule has 0 bridgehead atoms. The third-order valence-electron chi connectivity index (χ3n) is 3.81. The number of rotatable bonds is 4. The number of hydrogen-bond acceptors (Lipinski definition) is 3. The molecule has 0 saturated carbocycles. The molecular formula is C19H18N2O3. The van der Waals surface area contributed by atoms with Gasteiger partial charge in [0, 0.05) is 22.8 Å². The molecular weight excluding hydrogens is 304 g/mol. The summed E-state index contributed by atoms with van der Waals surface area (Å²) in [6, 6.07) is 15.1. The summed E-state index contributed by atoms with van der Waals surface area (Å²) in [5.41, 5.74) is 3.10. The Morgan fingerprint density at radius 2 is 1.92 bits per heavy atom. The first kappa shape index (κ1) is 15.8. The van der Waals surface area contributed by atoms with Crippen LogP contribution in [0.25, 0.3) is 10.9 Å². The summed E-state index contributed by atoms with van der Waals surface area (Å²) in [4.78, 5) is 24.3. The third-order valence-corrected chi connectivity index (χ3v) is 3.81. The van der Waals surface area contributed by atoms with Crippen LogP contribution in [0.15, 0.2) is 54.7 Å². The average Bonchev–Trinajstić information content (AvgIpc) is 2.93. The topological polar surface area (TPSA) is 60.3 Å². The first-order valence-corrected chi connectivity index (χ1v) is 7.61. The van der Waals surface area contributed by atoms with Gasteiger partial charge in [0.05, 0.1) is 12.7 Å². The molecule has 3 rings (SSSR count). The number of anilines is 1. The Morgan fingerprint density at radius 1 is 1.12 bits per heavy atom. The van der Waals surface area contributed by atoms with Crippen molar-refractivity contribution >= 4 is 28.5 Å². The van der Waals surface area contributed by atoms with Gasteiger partial charge in [0.25, 0.3) is 0 Å². The number of aryl methyl sites for hydroxylation is 1. The summed E-state index contributed by atoms with van der Waals surface area (Å²) in [5.74, 6) is -0.568. The number of fused-ring (bicyclic) bond motifs is 1. The van der Waals surface area contributed by atoms with Gasteiger partial charge in [-0.05, 0) is 30.7 Å². The van der Waals surface area contributed by atoms with E-state index < -0.39 is 5.97 Å². The number of aromatic nitrogens is 1. The number of carbonyl (C=O) groups excluding carboxylic acids is 2. The van der Waals surface area contributed by atoms with Crippen LogP contribution in [0.5, 0.6) is 0 Å². The second-order valence-electron chi connectivity index (χ2n) is 5.60. The summed E-state index contributed by atoms with van der Waals surface area (Å²) in [6.45, 7) is 2.09. The fraction of sp³-hybridized carbons (Fsp3) is 0.158. The molecule has 0 fully saturated rings. The maximum atomic E-state index is 12.3. The van der Waals surface area contributed by atoms with Gasteiger partial charge in [-0.1, -0.05) is 30.3 Å². The monoisotopic (exact) mass is 322 g/mol. The quantitative estimate of drug-likeness (QED) is 0.749. The number of methoxy groups -OCH3 is 1. The highest BCUT2D eigenvalue weighted by Crippen LogP contribution is 2.22. The molecule has 5 heteroatoms. The fourth-order valence-electron chi connectivity index (χ4n) is 2.73. The first-order chi connectivity index (χ1) is 11.6. The lowest BCUT2D eigenvalue weighted by Crippen LogP contribution is -2.18. The second-order valence-corrected chi connectivity index (χ2v) is 5.60. The molecule has 122 valence electrons. The van der Waals surface area contributed by atoms with Crippen molar-refractivity contribution in [3.63, 3.8) is 0 Å². The van der Waals surface area contributed by atoms with Crippen molar-refractivity contribution in [1.82, 2.24) is 4.57 Å². The van der Waals surface area contributed by atoms with E-state index in [-0.39, 0.29) is 12.5 Å². The standard InChI is InChI=1S/C19H18N2O3/c1-13-6-5-7-14(10-13)20-18(22)12-21-11-16(19(23)24-2)15-8-3-4-9-17(15)21/h3-11H,12H2,1-2H3,(H,20,22). The summed E-state index contributed by atoms with van der Waals surface area (Å²) in [5, 5.41) is 3.64. The van der Waals surface area contributed by atoms with Gasteiger partial charge in [0.1, 0.15) is 6.54 Å². The molecule has 0 aliphatic heterocycles.